The third-order valence-electron chi connectivity index (χ3n) is 4.79. The average Bonchev–Trinajstić information content (AvgIpc) is 2.97. The van der Waals surface area contributed by atoms with E-state index in [4.69, 9.17) is 0 Å². The molecule has 22 heavy (non-hydrogen) atoms. The first-order chi connectivity index (χ1) is 10.8. The monoisotopic (exact) mass is 292 g/mol. The first-order valence-corrected chi connectivity index (χ1v) is 7.99. The van der Waals surface area contributed by atoms with E-state index in [-0.39, 0.29) is 5.91 Å². The standard InChI is InChI=1S/C19H20N2O/c22-19(14-20-11-10-16-6-3-4-8-18(16)20)21-12-9-15-5-1-2-7-17(15)13-21/h1-8H,9-14H2. The predicted molar refractivity (Wildman–Crippen MR) is 87.9 cm³/mol. The van der Waals surface area contributed by atoms with E-state index >= 15 is 0 Å². The highest BCUT2D eigenvalue weighted by Crippen LogP contribution is 2.27. The van der Waals surface area contributed by atoms with E-state index in [1.54, 1.807) is 0 Å². The summed E-state index contributed by atoms with van der Waals surface area (Å²) in [7, 11) is 0. The van der Waals surface area contributed by atoms with Gasteiger partial charge in [-0.2, -0.15) is 0 Å². The van der Waals surface area contributed by atoms with Crippen LogP contribution in [0.5, 0.6) is 0 Å². The number of hydrogen-bond donors (Lipinski definition) is 0. The summed E-state index contributed by atoms with van der Waals surface area (Å²) in [5.74, 6) is 0.242. The van der Waals surface area contributed by atoms with Crippen LogP contribution in [0.3, 0.4) is 0 Å². The molecule has 2 aromatic carbocycles. The largest absolute Gasteiger partial charge is 0.362 e. The van der Waals surface area contributed by atoms with Crippen molar-refractivity contribution in [3.63, 3.8) is 0 Å². The average molecular weight is 292 g/mol. The molecule has 0 spiro atoms. The van der Waals surface area contributed by atoms with Crippen molar-refractivity contribution in [2.75, 3.05) is 24.5 Å². The minimum Gasteiger partial charge on any atom is -0.362 e. The maximum absolute atomic E-state index is 12.7. The highest BCUT2D eigenvalue weighted by Gasteiger charge is 2.25. The van der Waals surface area contributed by atoms with Crippen molar-refractivity contribution >= 4 is 11.6 Å². The Kier molecular flexibility index (Phi) is 3.34. The predicted octanol–water partition coefficient (Wildman–Crippen LogP) is 2.63. The van der Waals surface area contributed by atoms with Crippen molar-refractivity contribution in [3.8, 4) is 0 Å². The molecular weight excluding hydrogens is 272 g/mol. The summed E-state index contributed by atoms with van der Waals surface area (Å²) >= 11 is 0. The summed E-state index contributed by atoms with van der Waals surface area (Å²) in [5.41, 5.74) is 5.27. The molecule has 0 aliphatic carbocycles. The Balaban J connectivity index is 1.46. The molecule has 0 saturated carbocycles. The van der Waals surface area contributed by atoms with Gasteiger partial charge in [-0.05, 0) is 35.6 Å². The SMILES string of the molecule is O=C(CN1CCc2ccccc21)N1CCc2ccccc2C1. The van der Waals surface area contributed by atoms with Gasteiger partial charge >= 0.3 is 0 Å². The lowest BCUT2D eigenvalue weighted by atomic mass is 10.00. The zero-order chi connectivity index (χ0) is 14.9. The molecule has 2 heterocycles. The summed E-state index contributed by atoms with van der Waals surface area (Å²) < 4.78 is 0. The van der Waals surface area contributed by atoms with Gasteiger partial charge in [-0.3, -0.25) is 4.79 Å². The van der Waals surface area contributed by atoms with E-state index < -0.39 is 0 Å². The third kappa shape index (κ3) is 2.37. The summed E-state index contributed by atoms with van der Waals surface area (Å²) in [4.78, 5) is 16.9. The van der Waals surface area contributed by atoms with Gasteiger partial charge in [0.05, 0.1) is 6.54 Å². The van der Waals surface area contributed by atoms with Gasteiger partial charge in [-0.25, -0.2) is 0 Å². The lowest BCUT2D eigenvalue weighted by Gasteiger charge is -2.31. The maximum atomic E-state index is 12.7. The van der Waals surface area contributed by atoms with Crippen LogP contribution in [0.15, 0.2) is 48.5 Å². The minimum atomic E-state index is 0.242. The maximum Gasteiger partial charge on any atom is 0.242 e. The molecule has 0 bridgehead atoms. The van der Waals surface area contributed by atoms with E-state index in [2.05, 4.69) is 53.4 Å². The number of hydrogen-bond acceptors (Lipinski definition) is 2. The van der Waals surface area contributed by atoms with E-state index in [9.17, 15) is 4.79 Å². The summed E-state index contributed by atoms with van der Waals surface area (Å²) in [5, 5.41) is 0. The molecule has 0 fully saturated rings. The molecule has 2 aliphatic heterocycles. The van der Waals surface area contributed by atoms with Crippen molar-refractivity contribution in [1.82, 2.24) is 4.90 Å². The fourth-order valence-electron chi connectivity index (χ4n) is 3.54. The van der Waals surface area contributed by atoms with Crippen molar-refractivity contribution in [2.45, 2.75) is 19.4 Å². The lowest BCUT2D eigenvalue weighted by molar-refractivity contribution is -0.130. The fraction of sp³-hybridized carbons (Fsp3) is 0.316. The van der Waals surface area contributed by atoms with Gasteiger partial charge < -0.3 is 9.80 Å². The summed E-state index contributed by atoms with van der Waals surface area (Å²) in [6, 6.07) is 16.9. The van der Waals surface area contributed by atoms with Gasteiger partial charge in [-0.1, -0.05) is 42.5 Å². The van der Waals surface area contributed by atoms with Gasteiger partial charge in [0, 0.05) is 25.3 Å². The molecule has 2 aromatic rings. The molecule has 0 N–H and O–H groups in total. The molecule has 2 aliphatic rings. The molecule has 0 unspecified atom stereocenters. The van der Waals surface area contributed by atoms with Crippen LogP contribution in [-0.2, 0) is 24.2 Å². The zero-order valence-corrected chi connectivity index (χ0v) is 12.7. The van der Waals surface area contributed by atoms with Crippen molar-refractivity contribution in [1.29, 1.82) is 0 Å². The first-order valence-electron chi connectivity index (χ1n) is 7.99. The fourth-order valence-corrected chi connectivity index (χ4v) is 3.54. The topological polar surface area (TPSA) is 23.6 Å². The van der Waals surface area contributed by atoms with Crippen LogP contribution in [0.4, 0.5) is 5.69 Å². The molecule has 4 rings (SSSR count). The van der Waals surface area contributed by atoms with Gasteiger partial charge in [0.2, 0.25) is 5.91 Å². The smallest absolute Gasteiger partial charge is 0.242 e. The number of carbonyl (C=O) groups excluding carboxylic acids is 1. The van der Waals surface area contributed by atoms with E-state index in [1.165, 1.54) is 22.4 Å². The molecule has 0 radical (unpaired) electrons. The molecule has 3 heteroatoms. The number of fused-ring (bicyclic) bond motifs is 2. The number of benzene rings is 2. The molecular formula is C19H20N2O. The zero-order valence-electron chi connectivity index (χ0n) is 12.7. The van der Waals surface area contributed by atoms with Crippen LogP contribution < -0.4 is 4.90 Å². The summed E-state index contributed by atoms with van der Waals surface area (Å²) in [6.45, 7) is 3.05. The third-order valence-corrected chi connectivity index (χ3v) is 4.79. The van der Waals surface area contributed by atoms with Gasteiger partial charge in [0.25, 0.3) is 0 Å². The van der Waals surface area contributed by atoms with Crippen LogP contribution in [0.25, 0.3) is 0 Å². The van der Waals surface area contributed by atoms with Crippen LogP contribution >= 0.6 is 0 Å². The Morgan fingerprint density at radius 1 is 0.864 bits per heavy atom. The van der Waals surface area contributed by atoms with E-state index in [1.807, 2.05) is 4.90 Å². The second-order valence-electron chi connectivity index (χ2n) is 6.13. The number of carbonyl (C=O) groups is 1. The van der Waals surface area contributed by atoms with Gasteiger partial charge in [0.15, 0.2) is 0 Å². The Hall–Kier alpha value is -2.29. The minimum absolute atomic E-state index is 0.242. The molecule has 112 valence electrons. The quantitative estimate of drug-likeness (QED) is 0.849. The second-order valence-corrected chi connectivity index (χ2v) is 6.13. The molecule has 3 nitrogen and oxygen atoms in total. The number of para-hydroxylation sites is 1. The second kappa shape index (κ2) is 5.48. The van der Waals surface area contributed by atoms with Crippen molar-refractivity contribution in [3.05, 3.63) is 65.2 Å². The first kappa shape index (κ1) is 13.4. The molecule has 0 aromatic heterocycles. The number of amides is 1. The van der Waals surface area contributed by atoms with E-state index in [0.29, 0.717) is 6.54 Å². The normalized spacial score (nSPS) is 16.4. The Labute approximate surface area is 131 Å². The van der Waals surface area contributed by atoms with E-state index in [0.717, 1.165) is 32.5 Å². The summed E-state index contributed by atoms with van der Waals surface area (Å²) in [6.07, 6.45) is 2.02. The van der Waals surface area contributed by atoms with Gasteiger partial charge in [0.1, 0.15) is 0 Å². The Morgan fingerprint density at radius 3 is 2.41 bits per heavy atom. The number of anilines is 1. The Bertz CT molecular complexity index is 710. The number of rotatable bonds is 2. The molecule has 0 atom stereocenters. The molecule has 1 amide bonds. The van der Waals surface area contributed by atoms with Crippen LogP contribution in [0.2, 0.25) is 0 Å². The highest BCUT2D eigenvalue weighted by atomic mass is 16.2. The Morgan fingerprint density at radius 2 is 1.55 bits per heavy atom. The van der Waals surface area contributed by atoms with Crippen LogP contribution in [0.1, 0.15) is 16.7 Å². The number of nitrogens with zero attached hydrogens (tertiary/aromatic N) is 2. The van der Waals surface area contributed by atoms with Crippen molar-refractivity contribution < 1.29 is 4.79 Å². The van der Waals surface area contributed by atoms with Crippen molar-refractivity contribution in [2.24, 2.45) is 0 Å². The van der Waals surface area contributed by atoms with Crippen LogP contribution in [0, 0.1) is 0 Å². The highest BCUT2D eigenvalue weighted by molar-refractivity contribution is 5.82. The lowest BCUT2D eigenvalue weighted by Crippen LogP contribution is -2.42. The van der Waals surface area contributed by atoms with Gasteiger partial charge in [-0.15, -0.1) is 0 Å². The molecule has 0 saturated heterocycles. The van der Waals surface area contributed by atoms with Crippen LogP contribution in [-0.4, -0.2) is 30.4 Å².